The topological polar surface area (TPSA) is 67.6 Å². The van der Waals surface area contributed by atoms with E-state index in [1.54, 1.807) is 31.6 Å². The van der Waals surface area contributed by atoms with Crippen LogP contribution in [0.25, 0.3) is 15.5 Å². The van der Waals surface area contributed by atoms with Gasteiger partial charge in [-0.15, -0.1) is 0 Å². The number of hydrogen-bond donors (Lipinski definition) is 0. The van der Waals surface area contributed by atoms with Gasteiger partial charge in [0.05, 0.1) is 13.2 Å². The molecule has 26 heavy (non-hydrogen) atoms. The molecule has 0 unspecified atom stereocenters. The van der Waals surface area contributed by atoms with Crippen molar-refractivity contribution in [2.75, 3.05) is 40.6 Å². The number of pyridine rings is 1. The van der Waals surface area contributed by atoms with Crippen LogP contribution in [0, 0.1) is 13.8 Å². The summed E-state index contributed by atoms with van der Waals surface area (Å²) >= 11 is 1.55. The Hall–Kier alpha value is -2.16. The molecule has 0 amide bonds. The van der Waals surface area contributed by atoms with Crippen molar-refractivity contribution in [3.8, 4) is 16.8 Å². The van der Waals surface area contributed by atoms with E-state index in [2.05, 4.69) is 35.5 Å². The van der Waals surface area contributed by atoms with Crippen LogP contribution in [0.15, 0.2) is 18.2 Å². The molecule has 3 rings (SSSR count). The fraction of sp³-hybridized carbons (Fsp3) is 0.444. The number of thiazole rings is 1. The van der Waals surface area contributed by atoms with Crippen LogP contribution >= 0.6 is 11.3 Å². The molecular formula is C18H23N3O4S. The van der Waals surface area contributed by atoms with E-state index in [-0.39, 0.29) is 0 Å². The Morgan fingerprint density at radius 1 is 0.923 bits per heavy atom. The first-order valence-corrected chi connectivity index (χ1v) is 9.16. The third-order valence-corrected chi connectivity index (χ3v) is 4.88. The van der Waals surface area contributed by atoms with E-state index in [4.69, 9.17) is 23.9 Å². The van der Waals surface area contributed by atoms with Crippen molar-refractivity contribution in [3.05, 3.63) is 29.6 Å². The van der Waals surface area contributed by atoms with Crippen LogP contribution in [-0.4, -0.2) is 55.2 Å². The van der Waals surface area contributed by atoms with E-state index in [0.29, 0.717) is 43.7 Å². The Morgan fingerprint density at radius 2 is 1.58 bits per heavy atom. The van der Waals surface area contributed by atoms with Gasteiger partial charge in [-0.1, -0.05) is 11.3 Å². The zero-order valence-electron chi connectivity index (χ0n) is 15.4. The standard InChI is InChI=1S/C18H23N3O4S/c1-12-5-6-13(2)21(12)18-20-17-16(26-18)14(24-9-7-22-3)11-15(19-17)25-10-8-23-4/h5-6,11H,7-10H2,1-4H3. The smallest absolute Gasteiger partial charge is 0.219 e. The maximum atomic E-state index is 5.88. The first-order valence-electron chi connectivity index (χ1n) is 8.34. The minimum Gasteiger partial charge on any atom is -0.489 e. The first kappa shape index (κ1) is 18.6. The molecule has 0 spiro atoms. The van der Waals surface area contributed by atoms with Gasteiger partial charge in [0.25, 0.3) is 0 Å². The Labute approximate surface area is 156 Å². The van der Waals surface area contributed by atoms with Gasteiger partial charge in [0, 0.05) is 31.7 Å². The molecule has 3 aromatic rings. The van der Waals surface area contributed by atoms with E-state index in [0.717, 1.165) is 21.2 Å². The molecule has 0 aliphatic heterocycles. The van der Waals surface area contributed by atoms with E-state index in [9.17, 15) is 0 Å². The zero-order valence-corrected chi connectivity index (χ0v) is 16.3. The van der Waals surface area contributed by atoms with Gasteiger partial charge in [0.2, 0.25) is 5.88 Å². The predicted octanol–water partition coefficient (Wildman–Crippen LogP) is 3.15. The van der Waals surface area contributed by atoms with Crippen LogP contribution in [0.3, 0.4) is 0 Å². The molecule has 0 aliphatic carbocycles. The average Bonchev–Trinajstić information content (AvgIpc) is 3.18. The summed E-state index contributed by atoms with van der Waals surface area (Å²) in [6, 6.07) is 5.94. The highest BCUT2D eigenvalue weighted by atomic mass is 32.1. The molecule has 3 aromatic heterocycles. The number of aryl methyl sites for hydroxylation is 2. The van der Waals surface area contributed by atoms with Crippen molar-refractivity contribution in [2.24, 2.45) is 0 Å². The summed E-state index contributed by atoms with van der Waals surface area (Å²) in [5.74, 6) is 1.17. The van der Waals surface area contributed by atoms with E-state index >= 15 is 0 Å². The monoisotopic (exact) mass is 377 g/mol. The molecular weight excluding hydrogens is 354 g/mol. The minimum absolute atomic E-state index is 0.416. The number of aromatic nitrogens is 3. The van der Waals surface area contributed by atoms with Crippen LogP contribution in [0.4, 0.5) is 0 Å². The fourth-order valence-electron chi connectivity index (χ4n) is 2.56. The summed E-state index contributed by atoms with van der Waals surface area (Å²) in [5.41, 5.74) is 2.86. The lowest BCUT2D eigenvalue weighted by molar-refractivity contribution is 0.141. The summed E-state index contributed by atoms with van der Waals surface area (Å²) < 4.78 is 24.6. The second kappa shape index (κ2) is 8.48. The Morgan fingerprint density at radius 3 is 2.23 bits per heavy atom. The van der Waals surface area contributed by atoms with Gasteiger partial charge in [-0.25, -0.2) is 0 Å². The van der Waals surface area contributed by atoms with Crippen molar-refractivity contribution in [1.29, 1.82) is 0 Å². The van der Waals surface area contributed by atoms with Gasteiger partial charge in [0.1, 0.15) is 23.7 Å². The summed E-state index contributed by atoms with van der Waals surface area (Å²) in [7, 11) is 3.28. The largest absolute Gasteiger partial charge is 0.489 e. The Balaban J connectivity index is 1.99. The fourth-order valence-corrected chi connectivity index (χ4v) is 3.66. The molecule has 8 heteroatoms. The number of nitrogens with zero attached hydrogens (tertiary/aromatic N) is 3. The van der Waals surface area contributed by atoms with E-state index in [1.165, 1.54) is 0 Å². The lowest BCUT2D eigenvalue weighted by Crippen LogP contribution is -2.07. The number of methoxy groups -OCH3 is 2. The van der Waals surface area contributed by atoms with Gasteiger partial charge in [-0.2, -0.15) is 9.97 Å². The molecule has 3 heterocycles. The maximum absolute atomic E-state index is 5.88. The lowest BCUT2D eigenvalue weighted by atomic mass is 10.4. The second-order valence-electron chi connectivity index (χ2n) is 5.74. The Kier molecular flexibility index (Phi) is 6.08. The third kappa shape index (κ3) is 3.98. The molecule has 0 aromatic carbocycles. The molecule has 140 valence electrons. The van der Waals surface area contributed by atoms with Gasteiger partial charge in [-0.05, 0) is 26.0 Å². The third-order valence-electron chi connectivity index (χ3n) is 3.84. The van der Waals surface area contributed by atoms with Gasteiger partial charge in [-0.3, -0.25) is 4.57 Å². The van der Waals surface area contributed by atoms with Crippen molar-refractivity contribution in [3.63, 3.8) is 0 Å². The normalized spacial score (nSPS) is 11.2. The highest BCUT2D eigenvalue weighted by Gasteiger charge is 2.16. The quantitative estimate of drug-likeness (QED) is 0.534. The van der Waals surface area contributed by atoms with Crippen LogP contribution in [-0.2, 0) is 9.47 Å². The molecule has 0 radical (unpaired) electrons. The van der Waals surface area contributed by atoms with Crippen LogP contribution in [0.2, 0.25) is 0 Å². The molecule has 0 saturated carbocycles. The zero-order chi connectivity index (χ0) is 18.5. The SMILES string of the molecule is COCCOc1cc(OCCOC)c2sc(-n3c(C)ccc3C)nc2n1. The summed E-state index contributed by atoms with van der Waals surface area (Å²) in [5, 5.41) is 0.859. The second-order valence-corrected chi connectivity index (χ2v) is 6.72. The van der Waals surface area contributed by atoms with Crippen LogP contribution < -0.4 is 9.47 Å². The molecule has 0 bridgehead atoms. The number of hydrogen-bond acceptors (Lipinski definition) is 7. The summed E-state index contributed by atoms with van der Waals surface area (Å²) in [6.45, 7) is 5.97. The molecule has 0 fully saturated rings. The van der Waals surface area contributed by atoms with E-state index < -0.39 is 0 Å². The minimum atomic E-state index is 0.416. The molecule has 7 nitrogen and oxygen atoms in total. The Bertz CT molecular complexity index is 855. The summed E-state index contributed by atoms with van der Waals surface area (Å²) in [4.78, 5) is 9.23. The first-order chi connectivity index (χ1) is 12.6. The molecule has 0 atom stereocenters. The van der Waals surface area contributed by atoms with Crippen molar-refractivity contribution < 1.29 is 18.9 Å². The van der Waals surface area contributed by atoms with Gasteiger partial charge < -0.3 is 18.9 Å². The van der Waals surface area contributed by atoms with Gasteiger partial charge in [0.15, 0.2) is 10.8 Å². The molecule has 0 N–H and O–H groups in total. The molecule has 0 saturated heterocycles. The van der Waals surface area contributed by atoms with E-state index in [1.807, 2.05) is 0 Å². The number of fused-ring (bicyclic) bond motifs is 1. The highest BCUT2D eigenvalue weighted by molar-refractivity contribution is 7.21. The number of rotatable bonds is 9. The van der Waals surface area contributed by atoms with Crippen molar-refractivity contribution >= 4 is 21.7 Å². The van der Waals surface area contributed by atoms with Crippen LogP contribution in [0.1, 0.15) is 11.4 Å². The van der Waals surface area contributed by atoms with Gasteiger partial charge >= 0.3 is 0 Å². The average molecular weight is 377 g/mol. The summed E-state index contributed by atoms with van der Waals surface area (Å²) in [6.07, 6.45) is 0. The van der Waals surface area contributed by atoms with Crippen molar-refractivity contribution in [2.45, 2.75) is 13.8 Å². The highest BCUT2D eigenvalue weighted by Crippen LogP contribution is 2.35. The number of ether oxygens (including phenoxy) is 4. The lowest BCUT2D eigenvalue weighted by Gasteiger charge is -2.09. The van der Waals surface area contributed by atoms with Crippen molar-refractivity contribution in [1.82, 2.24) is 14.5 Å². The molecule has 0 aliphatic rings. The van der Waals surface area contributed by atoms with Crippen LogP contribution in [0.5, 0.6) is 11.6 Å². The maximum Gasteiger partial charge on any atom is 0.219 e. The predicted molar refractivity (Wildman–Crippen MR) is 101 cm³/mol.